The Morgan fingerprint density at radius 1 is 1.33 bits per heavy atom. The fourth-order valence-corrected chi connectivity index (χ4v) is 1.35. The third-order valence-corrected chi connectivity index (χ3v) is 2.61. The Kier molecular flexibility index (Phi) is 4.54. The molecule has 0 saturated heterocycles. The molecule has 0 N–H and O–H groups in total. The van der Waals surface area contributed by atoms with Crippen LogP contribution in [0.15, 0.2) is 0 Å². The minimum absolute atomic E-state index is 0.0609. The van der Waals surface area contributed by atoms with Crippen molar-refractivity contribution in [3.63, 3.8) is 0 Å². The maximum atomic E-state index is 11.7. The predicted octanol–water partition coefficient (Wildman–Crippen LogP) is 2.03. The topological polar surface area (TPSA) is 35.5 Å². The van der Waals surface area contributed by atoms with Crippen LogP contribution in [0.3, 0.4) is 0 Å². The molecule has 1 saturated carbocycles. The number of carbonyl (C=O) groups excluding carboxylic acids is 1. The lowest BCUT2D eigenvalue weighted by Crippen LogP contribution is -2.41. The van der Waals surface area contributed by atoms with Crippen LogP contribution in [0.5, 0.6) is 0 Å². The van der Waals surface area contributed by atoms with Crippen molar-refractivity contribution >= 4 is 21.7 Å². The number of Topliss-reactive ketones (excluding diaryl/α,β-unsaturated/α-hetero) is 1. The first-order valence-electron chi connectivity index (χ1n) is 4.34. The molecular weight excluding hydrogens is 281 g/mol. The van der Waals surface area contributed by atoms with Gasteiger partial charge in [-0.3, -0.25) is 9.53 Å². The van der Waals surface area contributed by atoms with E-state index >= 15 is 0 Å². The molecule has 0 amide bonds. The summed E-state index contributed by atoms with van der Waals surface area (Å²) >= 11 is 2.95. The number of alkyl halides is 4. The number of ketones is 1. The van der Waals surface area contributed by atoms with E-state index in [-0.39, 0.29) is 36.7 Å². The molecule has 1 aliphatic carbocycles. The van der Waals surface area contributed by atoms with Crippen molar-refractivity contribution in [1.82, 2.24) is 0 Å². The summed E-state index contributed by atoms with van der Waals surface area (Å²) < 4.78 is 43.9. The summed E-state index contributed by atoms with van der Waals surface area (Å²) in [5, 5.41) is 0.197. The van der Waals surface area contributed by atoms with Gasteiger partial charge in [0.05, 0.1) is 17.5 Å². The van der Waals surface area contributed by atoms with Crippen LogP contribution in [0.1, 0.15) is 12.8 Å². The van der Waals surface area contributed by atoms with Crippen LogP contribution in [0.25, 0.3) is 0 Å². The Morgan fingerprint density at radius 2 is 1.93 bits per heavy atom. The van der Waals surface area contributed by atoms with E-state index in [4.69, 9.17) is 4.74 Å². The molecule has 15 heavy (non-hydrogen) atoms. The van der Waals surface area contributed by atoms with Gasteiger partial charge in [-0.05, 0) is 0 Å². The second-order valence-electron chi connectivity index (χ2n) is 3.26. The van der Waals surface area contributed by atoms with Gasteiger partial charge in [0, 0.05) is 12.8 Å². The molecule has 0 heterocycles. The van der Waals surface area contributed by atoms with Gasteiger partial charge in [0.2, 0.25) is 0 Å². The molecule has 0 aromatic rings. The number of carbonyl (C=O) groups is 1. The SMILES string of the molecule is O=C(CBr)COC1CC(OC(F)(F)F)C1. The average molecular weight is 291 g/mol. The van der Waals surface area contributed by atoms with Gasteiger partial charge in [0.25, 0.3) is 0 Å². The molecule has 88 valence electrons. The summed E-state index contributed by atoms with van der Waals surface area (Å²) in [5.41, 5.74) is 0. The summed E-state index contributed by atoms with van der Waals surface area (Å²) in [5.74, 6) is -0.129. The first-order valence-corrected chi connectivity index (χ1v) is 5.46. The first-order chi connectivity index (χ1) is 6.90. The molecule has 0 bridgehead atoms. The van der Waals surface area contributed by atoms with Crippen molar-refractivity contribution in [3.05, 3.63) is 0 Å². The molecule has 3 nitrogen and oxygen atoms in total. The van der Waals surface area contributed by atoms with Gasteiger partial charge >= 0.3 is 6.36 Å². The third kappa shape index (κ3) is 4.94. The van der Waals surface area contributed by atoms with E-state index < -0.39 is 12.5 Å². The van der Waals surface area contributed by atoms with Gasteiger partial charge < -0.3 is 4.74 Å². The predicted molar refractivity (Wildman–Crippen MR) is 48.7 cm³/mol. The standard InChI is InChI=1S/C8H10BrF3O3/c9-3-5(13)4-14-6-1-7(2-6)15-8(10,11)12/h6-7H,1-4H2. The average Bonchev–Trinajstić information content (AvgIpc) is 2.06. The number of ether oxygens (including phenoxy) is 2. The highest BCUT2D eigenvalue weighted by molar-refractivity contribution is 9.09. The van der Waals surface area contributed by atoms with Gasteiger partial charge in [-0.15, -0.1) is 13.2 Å². The minimum atomic E-state index is -4.58. The summed E-state index contributed by atoms with van der Waals surface area (Å²) in [6.45, 7) is -0.0609. The van der Waals surface area contributed by atoms with Crippen molar-refractivity contribution in [2.75, 3.05) is 11.9 Å². The number of rotatable bonds is 5. The van der Waals surface area contributed by atoms with Gasteiger partial charge in [-0.25, -0.2) is 0 Å². The maximum Gasteiger partial charge on any atom is 0.522 e. The zero-order valence-corrected chi connectivity index (χ0v) is 9.31. The Morgan fingerprint density at radius 3 is 2.40 bits per heavy atom. The first kappa shape index (κ1) is 12.9. The number of hydrogen-bond donors (Lipinski definition) is 0. The van der Waals surface area contributed by atoms with Gasteiger partial charge in [-0.1, -0.05) is 15.9 Å². The van der Waals surface area contributed by atoms with E-state index in [1.165, 1.54) is 0 Å². The smallest absolute Gasteiger partial charge is 0.370 e. The van der Waals surface area contributed by atoms with E-state index in [1.807, 2.05) is 0 Å². The normalized spacial score (nSPS) is 26.1. The van der Waals surface area contributed by atoms with Crippen LogP contribution in [0.4, 0.5) is 13.2 Å². The highest BCUT2D eigenvalue weighted by Gasteiger charge is 2.40. The van der Waals surface area contributed by atoms with E-state index in [0.717, 1.165) is 0 Å². The van der Waals surface area contributed by atoms with Gasteiger partial charge in [-0.2, -0.15) is 0 Å². The van der Waals surface area contributed by atoms with E-state index in [9.17, 15) is 18.0 Å². The monoisotopic (exact) mass is 290 g/mol. The maximum absolute atomic E-state index is 11.7. The summed E-state index contributed by atoms with van der Waals surface area (Å²) in [6, 6.07) is 0. The number of hydrogen-bond acceptors (Lipinski definition) is 3. The molecule has 0 spiro atoms. The zero-order chi connectivity index (χ0) is 11.5. The molecule has 1 aliphatic rings. The lowest BCUT2D eigenvalue weighted by Gasteiger charge is -2.34. The molecule has 0 radical (unpaired) electrons. The van der Waals surface area contributed by atoms with Crippen molar-refractivity contribution in [1.29, 1.82) is 0 Å². The lowest BCUT2D eigenvalue weighted by molar-refractivity contribution is -0.357. The molecule has 0 aromatic heterocycles. The number of halogens is 4. The fraction of sp³-hybridized carbons (Fsp3) is 0.875. The molecule has 0 unspecified atom stereocenters. The van der Waals surface area contributed by atoms with Crippen LogP contribution in [0.2, 0.25) is 0 Å². The summed E-state index contributed by atoms with van der Waals surface area (Å²) in [4.78, 5) is 10.8. The minimum Gasteiger partial charge on any atom is -0.370 e. The fourth-order valence-electron chi connectivity index (χ4n) is 1.19. The summed E-state index contributed by atoms with van der Waals surface area (Å²) in [7, 11) is 0. The van der Waals surface area contributed by atoms with Gasteiger partial charge in [0.15, 0.2) is 5.78 Å². The lowest BCUT2D eigenvalue weighted by atomic mass is 9.92. The van der Waals surface area contributed by atoms with Crippen molar-refractivity contribution < 1.29 is 27.4 Å². The van der Waals surface area contributed by atoms with Crippen LogP contribution in [-0.2, 0) is 14.3 Å². The second kappa shape index (κ2) is 5.27. The van der Waals surface area contributed by atoms with Crippen LogP contribution < -0.4 is 0 Å². The largest absolute Gasteiger partial charge is 0.522 e. The molecule has 0 aromatic carbocycles. The molecule has 1 rings (SSSR count). The van der Waals surface area contributed by atoms with Crippen molar-refractivity contribution in [2.45, 2.75) is 31.4 Å². The molecular formula is C8H10BrF3O3. The van der Waals surface area contributed by atoms with Crippen LogP contribution in [0, 0.1) is 0 Å². The van der Waals surface area contributed by atoms with E-state index in [0.29, 0.717) is 0 Å². The zero-order valence-electron chi connectivity index (χ0n) is 7.72. The Labute approximate surface area is 93.0 Å². The Bertz CT molecular complexity index is 226. The Hall–Kier alpha value is -0.140. The quantitative estimate of drug-likeness (QED) is 0.727. The van der Waals surface area contributed by atoms with Crippen molar-refractivity contribution in [2.24, 2.45) is 0 Å². The van der Waals surface area contributed by atoms with Crippen molar-refractivity contribution in [3.8, 4) is 0 Å². The van der Waals surface area contributed by atoms with E-state index in [2.05, 4.69) is 20.7 Å². The highest BCUT2D eigenvalue weighted by Crippen LogP contribution is 2.31. The molecule has 0 atom stereocenters. The third-order valence-electron chi connectivity index (χ3n) is 1.98. The van der Waals surface area contributed by atoms with Gasteiger partial charge in [0.1, 0.15) is 6.61 Å². The van der Waals surface area contributed by atoms with Crippen LogP contribution >= 0.6 is 15.9 Å². The molecule has 0 aliphatic heterocycles. The van der Waals surface area contributed by atoms with Crippen LogP contribution in [-0.4, -0.2) is 36.3 Å². The Balaban J connectivity index is 2.08. The second-order valence-corrected chi connectivity index (χ2v) is 3.82. The van der Waals surface area contributed by atoms with E-state index in [1.54, 1.807) is 0 Å². The summed E-state index contributed by atoms with van der Waals surface area (Å²) in [6.07, 6.45) is -5.32. The highest BCUT2D eigenvalue weighted by atomic mass is 79.9. The molecule has 7 heteroatoms. The molecule has 1 fully saturated rings.